The first-order chi connectivity index (χ1) is 12.3. The standard InChI is InChI=1S/C21H37NO4/c1-4-5-8-11-18(23)14-13-17-16-21(2,3)20(26)22(17)15-10-7-6-9-12-19(24)25/h13-14,17-18,23H,4-12,15-16H2,1-3H3,(H,24,25)/t17-,18?/m0/s1. The molecule has 1 aliphatic rings. The van der Waals surface area contributed by atoms with Crippen LogP contribution in [-0.2, 0) is 9.59 Å². The summed E-state index contributed by atoms with van der Waals surface area (Å²) < 4.78 is 0. The Hall–Kier alpha value is -1.36. The van der Waals surface area contributed by atoms with Crippen LogP contribution in [0.1, 0.15) is 85.0 Å². The van der Waals surface area contributed by atoms with Crippen LogP contribution in [0, 0.1) is 5.41 Å². The molecule has 1 aliphatic heterocycles. The van der Waals surface area contributed by atoms with Gasteiger partial charge in [0.2, 0.25) is 5.91 Å². The lowest BCUT2D eigenvalue weighted by atomic mass is 9.89. The molecule has 0 aliphatic carbocycles. The highest BCUT2D eigenvalue weighted by Crippen LogP contribution is 2.36. The summed E-state index contributed by atoms with van der Waals surface area (Å²) in [6, 6.07) is 0.0531. The number of carbonyl (C=O) groups excluding carboxylic acids is 1. The SMILES string of the molecule is CCCCCC(O)C=C[C@H]1CC(C)(C)C(=O)N1CCCCCCC(=O)O. The number of unbranched alkanes of at least 4 members (excludes halogenated alkanes) is 5. The summed E-state index contributed by atoms with van der Waals surface area (Å²) in [4.78, 5) is 25.1. The third-order valence-corrected chi connectivity index (χ3v) is 5.16. The molecule has 2 N–H and O–H groups in total. The normalized spacial score (nSPS) is 20.8. The molecule has 26 heavy (non-hydrogen) atoms. The fourth-order valence-corrected chi connectivity index (χ4v) is 3.57. The van der Waals surface area contributed by atoms with Gasteiger partial charge >= 0.3 is 5.97 Å². The van der Waals surface area contributed by atoms with Crippen molar-refractivity contribution in [3.05, 3.63) is 12.2 Å². The second kappa shape index (κ2) is 11.4. The fraction of sp³-hybridized carbons (Fsp3) is 0.810. The predicted molar refractivity (Wildman–Crippen MR) is 104 cm³/mol. The van der Waals surface area contributed by atoms with Gasteiger partial charge in [-0.25, -0.2) is 0 Å². The number of aliphatic hydroxyl groups is 1. The van der Waals surface area contributed by atoms with E-state index in [0.717, 1.165) is 51.4 Å². The largest absolute Gasteiger partial charge is 0.481 e. The third-order valence-electron chi connectivity index (χ3n) is 5.16. The van der Waals surface area contributed by atoms with Crippen molar-refractivity contribution in [1.29, 1.82) is 0 Å². The van der Waals surface area contributed by atoms with Crippen molar-refractivity contribution in [2.45, 2.75) is 97.1 Å². The number of carboxylic acids is 1. The van der Waals surface area contributed by atoms with Crippen LogP contribution < -0.4 is 0 Å². The number of nitrogens with zero attached hydrogens (tertiary/aromatic N) is 1. The Morgan fingerprint density at radius 3 is 2.58 bits per heavy atom. The Morgan fingerprint density at radius 1 is 1.23 bits per heavy atom. The second-order valence-electron chi connectivity index (χ2n) is 8.16. The van der Waals surface area contributed by atoms with Gasteiger partial charge in [-0.2, -0.15) is 0 Å². The first-order valence-electron chi connectivity index (χ1n) is 10.2. The van der Waals surface area contributed by atoms with Gasteiger partial charge in [-0.05, 0) is 25.7 Å². The van der Waals surface area contributed by atoms with Gasteiger partial charge in [-0.15, -0.1) is 0 Å². The van der Waals surface area contributed by atoms with Crippen LogP contribution >= 0.6 is 0 Å². The number of carbonyl (C=O) groups is 2. The van der Waals surface area contributed by atoms with Crippen molar-refractivity contribution in [3.8, 4) is 0 Å². The maximum Gasteiger partial charge on any atom is 0.303 e. The Labute approximate surface area is 158 Å². The molecule has 0 saturated carbocycles. The average molecular weight is 368 g/mol. The van der Waals surface area contributed by atoms with E-state index < -0.39 is 12.1 Å². The Balaban J connectivity index is 2.48. The quantitative estimate of drug-likeness (QED) is 0.379. The van der Waals surface area contributed by atoms with E-state index >= 15 is 0 Å². The summed E-state index contributed by atoms with van der Waals surface area (Å²) >= 11 is 0. The van der Waals surface area contributed by atoms with Crippen LogP contribution in [0.2, 0.25) is 0 Å². The zero-order valence-electron chi connectivity index (χ0n) is 16.7. The Bertz CT molecular complexity index is 473. The van der Waals surface area contributed by atoms with Crippen LogP contribution in [0.25, 0.3) is 0 Å². The van der Waals surface area contributed by atoms with Crippen molar-refractivity contribution < 1.29 is 19.8 Å². The molecule has 1 heterocycles. The second-order valence-corrected chi connectivity index (χ2v) is 8.16. The zero-order chi connectivity index (χ0) is 19.6. The molecule has 1 amide bonds. The summed E-state index contributed by atoms with van der Waals surface area (Å²) in [5.74, 6) is -0.567. The van der Waals surface area contributed by atoms with E-state index in [1.165, 1.54) is 0 Å². The van der Waals surface area contributed by atoms with Crippen LogP contribution in [0.4, 0.5) is 0 Å². The summed E-state index contributed by atoms with van der Waals surface area (Å²) in [5.41, 5.74) is -0.356. The van der Waals surface area contributed by atoms with Gasteiger partial charge in [0.05, 0.1) is 12.1 Å². The molecular weight excluding hydrogens is 330 g/mol. The van der Waals surface area contributed by atoms with E-state index in [2.05, 4.69) is 6.92 Å². The highest BCUT2D eigenvalue weighted by atomic mass is 16.4. The predicted octanol–water partition coefficient (Wildman–Crippen LogP) is 4.15. The van der Waals surface area contributed by atoms with Crippen molar-refractivity contribution in [2.24, 2.45) is 5.41 Å². The molecule has 1 rings (SSSR count). The topological polar surface area (TPSA) is 77.8 Å². The van der Waals surface area contributed by atoms with E-state index in [-0.39, 0.29) is 23.8 Å². The summed E-state index contributed by atoms with van der Waals surface area (Å²) in [6.07, 6.45) is 11.9. The van der Waals surface area contributed by atoms with Crippen LogP contribution in [0.5, 0.6) is 0 Å². The number of amides is 1. The molecule has 2 atom stereocenters. The van der Waals surface area contributed by atoms with Crippen LogP contribution in [0.3, 0.4) is 0 Å². The van der Waals surface area contributed by atoms with Gasteiger partial charge < -0.3 is 15.1 Å². The summed E-state index contributed by atoms with van der Waals surface area (Å²) in [5, 5.41) is 18.8. The highest BCUT2D eigenvalue weighted by Gasteiger charge is 2.43. The lowest BCUT2D eigenvalue weighted by molar-refractivity contribution is -0.137. The molecule has 1 fully saturated rings. The van der Waals surface area contributed by atoms with Crippen molar-refractivity contribution >= 4 is 11.9 Å². The van der Waals surface area contributed by atoms with Gasteiger partial charge in [0.15, 0.2) is 0 Å². The van der Waals surface area contributed by atoms with Crippen molar-refractivity contribution in [3.63, 3.8) is 0 Å². The number of hydrogen-bond donors (Lipinski definition) is 2. The van der Waals surface area contributed by atoms with E-state index in [4.69, 9.17) is 5.11 Å². The third kappa shape index (κ3) is 7.90. The van der Waals surface area contributed by atoms with Crippen molar-refractivity contribution in [1.82, 2.24) is 4.90 Å². The summed E-state index contributed by atoms with van der Waals surface area (Å²) in [7, 11) is 0. The smallest absolute Gasteiger partial charge is 0.303 e. The van der Waals surface area contributed by atoms with E-state index in [9.17, 15) is 14.7 Å². The van der Waals surface area contributed by atoms with E-state index in [0.29, 0.717) is 13.0 Å². The molecular formula is C21H37NO4. The van der Waals surface area contributed by atoms with Crippen LogP contribution in [0.15, 0.2) is 12.2 Å². The lowest BCUT2D eigenvalue weighted by Crippen LogP contribution is -2.35. The molecule has 0 spiro atoms. The van der Waals surface area contributed by atoms with Gasteiger partial charge in [0, 0.05) is 18.4 Å². The molecule has 0 aromatic rings. The fourth-order valence-electron chi connectivity index (χ4n) is 3.57. The number of hydrogen-bond acceptors (Lipinski definition) is 3. The number of likely N-dealkylation sites (tertiary alicyclic amines) is 1. The molecule has 5 nitrogen and oxygen atoms in total. The average Bonchev–Trinajstić information content (AvgIpc) is 2.78. The molecule has 0 aromatic carbocycles. The van der Waals surface area contributed by atoms with Gasteiger partial charge in [0.1, 0.15) is 0 Å². The molecule has 5 heteroatoms. The van der Waals surface area contributed by atoms with Crippen molar-refractivity contribution in [2.75, 3.05) is 6.54 Å². The molecule has 1 saturated heterocycles. The monoisotopic (exact) mass is 367 g/mol. The maximum absolute atomic E-state index is 12.7. The van der Waals surface area contributed by atoms with Gasteiger partial charge in [0.25, 0.3) is 0 Å². The van der Waals surface area contributed by atoms with Crippen LogP contribution in [-0.4, -0.2) is 45.7 Å². The van der Waals surface area contributed by atoms with Gasteiger partial charge in [-0.1, -0.05) is 65.0 Å². The maximum atomic E-state index is 12.7. The number of rotatable bonds is 13. The number of aliphatic carboxylic acids is 1. The molecule has 0 radical (unpaired) electrons. The minimum atomic E-state index is -0.746. The Morgan fingerprint density at radius 2 is 1.92 bits per heavy atom. The van der Waals surface area contributed by atoms with E-state index in [1.807, 2.05) is 30.9 Å². The molecule has 0 aromatic heterocycles. The minimum Gasteiger partial charge on any atom is -0.481 e. The zero-order valence-corrected chi connectivity index (χ0v) is 16.7. The Kier molecular flexibility index (Phi) is 9.92. The van der Waals surface area contributed by atoms with Gasteiger partial charge in [-0.3, -0.25) is 9.59 Å². The lowest BCUT2D eigenvalue weighted by Gasteiger charge is -2.23. The first-order valence-corrected chi connectivity index (χ1v) is 10.2. The first kappa shape index (κ1) is 22.7. The van der Waals surface area contributed by atoms with E-state index in [1.54, 1.807) is 0 Å². The number of carboxylic acid groups (broad SMARTS) is 1. The number of aliphatic hydroxyl groups excluding tert-OH is 1. The molecule has 1 unspecified atom stereocenters. The summed E-state index contributed by atoms with van der Waals surface area (Å²) in [6.45, 7) is 6.83. The minimum absolute atomic E-state index is 0.0531. The molecule has 0 bridgehead atoms. The molecule has 150 valence electrons. The highest BCUT2D eigenvalue weighted by molar-refractivity contribution is 5.85.